The predicted octanol–water partition coefficient (Wildman–Crippen LogP) is 2.34. The van der Waals surface area contributed by atoms with Gasteiger partial charge in [-0.2, -0.15) is 4.98 Å². The molecule has 1 aliphatic carbocycles. The number of phenolic OH excluding ortho intramolecular Hbond substituents is 1. The average Bonchev–Trinajstić information content (AvgIpc) is 3.07. The second kappa shape index (κ2) is 4.68. The molecule has 0 aliphatic heterocycles. The van der Waals surface area contributed by atoms with E-state index in [-0.39, 0.29) is 5.75 Å². The van der Waals surface area contributed by atoms with Crippen molar-refractivity contribution < 1.29 is 9.63 Å². The monoisotopic (exact) mass is 245 g/mol. The van der Waals surface area contributed by atoms with Gasteiger partial charge in [0.1, 0.15) is 5.75 Å². The molecule has 5 nitrogen and oxygen atoms in total. The summed E-state index contributed by atoms with van der Waals surface area (Å²) in [5.74, 6) is 2.42. The predicted molar refractivity (Wildman–Crippen MR) is 66.2 cm³/mol. The van der Waals surface area contributed by atoms with Gasteiger partial charge in [-0.25, -0.2) is 0 Å². The summed E-state index contributed by atoms with van der Waals surface area (Å²) in [7, 11) is 0. The zero-order chi connectivity index (χ0) is 12.4. The largest absolute Gasteiger partial charge is 0.508 e. The van der Waals surface area contributed by atoms with Gasteiger partial charge in [0.05, 0.1) is 6.54 Å². The van der Waals surface area contributed by atoms with E-state index in [0.29, 0.717) is 12.4 Å². The van der Waals surface area contributed by atoms with Crippen LogP contribution >= 0.6 is 0 Å². The molecule has 1 saturated carbocycles. The van der Waals surface area contributed by atoms with E-state index >= 15 is 0 Å². The fourth-order valence-electron chi connectivity index (χ4n) is 1.78. The first-order valence-electron chi connectivity index (χ1n) is 6.14. The lowest BCUT2D eigenvalue weighted by Gasteiger charge is -2.02. The average molecular weight is 245 g/mol. The van der Waals surface area contributed by atoms with Crippen molar-refractivity contribution in [2.24, 2.45) is 5.92 Å². The number of nitrogens with one attached hydrogen (secondary N) is 1. The first kappa shape index (κ1) is 11.1. The van der Waals surface area contributed by atoms with Crippen LogP contribution in [0, 0.1) is 5.92 Å². The molecule has 0 bridgehead atoms. The van der Waals surface area contributed by atoms with E-state index in [1.54, 1.807) is 24.3 Å². The van der Waals surface area contributed by atoms with E-state index in [1.165, 1.54) is 12.8 Å². The third-order valence-electron chi connectivity index (χ3n) is 2.99. The Morgan fingerprint density at radius 2 is 2.06 bits per heavy atom. The van der Waals surface area contributed by atoms with Crippen LogP contribution in [0.1, 0.15) is 24.6 Å². The van der Waals surface area contributed by atoms with Crippen molar-refractivity contribution in [1.29, 1.82) is 0 Å². The molecule has 1 heterocycles. The molecule has 5 heteroatoms. The maximum atomic E-state index is 9.17. The molecule has 1 aromatic heterocycles. The molecular weight excluding hydrogens is 230 g/mol. The van der Waals surface area contributed by atoms with E-state index in [4.69, 9.17) is 9.63 Å². The van der Waals surface area contributed by atoms with Gasteiger partial charge in [-0.05, 0) is 43.0 Å². The summed E-state index contributed by atoms with van der Waals surface area (Å²) in [5.41, 5.74) is 0.912. The molecule has 0 saturated heterocycles. The van der Waals surface area contributed by atoms with Crippen molar-refractivity contribution in [2.75, 3.05) is 5.32 Å². The lowest BCUT2D eigenvalue weighted by Crippen LogP contribution is -1.99. The van der Waals surface area contributed by atoms with E-state index in [2.05, 4.69) is 15.5 Å². The highest BCUT2D eigenvalue weighted by Crippen LogP contribution is 2.31. The highest BCUT2D eigenvalue weighted by atomic mass is 16.5. The Balaban J connectivity index is 1.55. The number of anilines is 1. The van der Waals surface area contributed by atoms with Crippen molar-refractivity contribution in [3.63, 3.8) is 0 Å². The SMILES string of the molecule is Oc1ccc(NCc2nc(CC3CC3)no2)cc1. The van der Waals surface area contributed by atoms with Crippen LogP contribution in [0.2, 0.25) is 0 Å². The fourth-order valence-corrected chi connectivity index (χ4v) is 1.78. The standard InChI is InChI=1S/C13H15N3O2/c17-11-5-3-10(4-6-11)14-8-13-15-12(16-18-13)7-9-1-2-9/h3-6,9,14,17H,1-2,7-8H2. The molecule has 2 N–H and O–H groups in total. The van der Waals surface area contributed by atoms with Crippen LogP contribution in [0.15, 0.2) is 28.8 Å². The number of phenols is 1. The van der Waals surface area contributed by atoms with Gasteiger partial charge < -0.3 is 14.9 Å². The number of hydrogen-bond donors (Lipinski definition) is 2. The topological polar surface area (TPSA) is 71.2 Å². The number of hydrogen-bond acceptors (Lipinski definition) is 5. The summed E-state index contributed by atoms with van der Waals surface area (Å²) in [4.78, 5) is 4.33. The Hall–Kier alpha value is -2.04. The van der Waals surface area contributed by atoms with Gasteiger partial charge >= 0.3 is 0 Å². The summed E-state index contributed by atoms with van der Waals surface area (Å²) < 4.78 is 5.17. The maximum Gasteiger partial charge on any atom is 0.245 e. The summed E-state index contributed by atoms with van der Waals surface area (Å²) in [6.45, 7) is 0.502. The van der Waals surface area contributed by atoms with Gasteiger partial charge in [0.25, 0.3) is 0 Å². The van der Waals surface area contributed by atoms with Gasteiger partial charge in [-0.3, -0.25) is 0 Å². The fraction of sp³-hybridized carbons (Fsp3) is 0.385. The second-order valence-electron chi connectivity index (χ2n) is 4.65. The molecule has 1 aromatic carbocycles. The molecule has 0 unspecified atom stereocenters. The zero-order valence-electron chi connectivity index (χ0n) is 9.97. The molecular formula is C13H15N3O2. The molecule has 18 heavy (non-hydrogen) atoms. The first-order valence-corrected chi connectivity index (χ1v) is 6.14. The Kier molecular flexibility index (Phi) is 2.88. The minimum absolute atomic E-state index is 0.255. The van der Waals surface area contributed by atoms with Gasteiger partial charge in [-0.15, -0.1) is 0 Å². The number of nitrogens with zero attached hydrogens (tertiary/aromatic N) is 2. The number of benzene rings is 1. The lowest BCUT2D eigenvalue weighted by atomic mass is 10.3. The molecule has 0 amide bonds. The Morgan fingerprint density at radius 3 is 2.78 bits per heavy atom. The first-order chi connectivity index (χ1) is 8.79. The highest BCUT2D eigenvalue weighted by molar-refractivity contribution is 5.45. The number of aromatic nitrogens is 2. The van der Waals surface area contributed by atoms with Crippen LogP contribution in [0.4, 0.5) is 5.69 Å². The molecule has 94 valence electrons. The van der Waals surface area contributed by atoms with Crippen LogP contribution in [0.5, 0.6) is 5.75 Å². The number of rotatable bonds is 5. The van der Waals surface area contributed by atoms with Crippen molar-refractivity contribution in [3.05, 3.63) is 36.0 Å². The minimum atomic E-state index is 0.255. The van der Waals surface area contributed by atoms with Gasteiger partial charge in [0.15, 0.2) is 5.82 Å². The Morgan fingerprint density at radius 1 is 1.28 bits per heavy atom. The van der Waals surface area contributed by atoms with Crippen LogP contribution in [-0.4, -0.2) is 15.2 Å². The highest BCUT2D eigenvalue weighted by Gasteiger charge is 2.23. The number of aromatic hydroxyl groups is 1. The van der Waals surface area contributed by atoms with Crippen molar-refractivity contribution in [1.82, 2.24) is 10.1 Å². The molecule has 0 spiro atoms. The second-order valence-corrected chi connectivity index (χ2v) is 4.65. The van der Waals surface area contributed by atoms with Crippen molar-refractivity contribution >= 4 is 5.69 Å². The summed E-state index contributed by atoms with van der Waals surface area (Å²) in [6, 6.07) is 6.87. The molecule has 1 aliphatic rings. The molecule has 1 fully saturated rings. The normalized spacial score (nSPS) is 14.7. The molecule has 0 atom stereocenters. The zero-order valence-corrected chi connectivity index (χ0v) is 9.97. The smallest absolute Gasteiger partial charge is 0.245 e. The molecule has 2 aromatic rings. The van der Waals surface area contributed by atoms with Crippen LogP contribution in [0.25, 0.3) is 0 Å². The van der Waals surface area contributed by atoms with Crippen molar-refractivity contribution in [3.8, 4) is 5.75 Å². The van der Waals surface area contributed by atoms with Gasteiger partial charge in [0.2, 0.25) is 5.89 Å². The molecule has 3 rings (SSSR count). The van der Waals surface area contributed by atoms with E-state index in [9.17, 15) is 0 Å². The Labute approximate surface area is 105 Å². The summed E-state index contributed by atoms with van der Waals surface area (Å²) in [6.07, 6.45) is 3.51. The van der Waals surface area contributed by atoms with Gasteiger partial charge in [-0.1, -0.05) is 5.16 Å². The van der Waals surface area contributed by atoms with Crippen molar-refractivity contribution in [2.45, 2.75) is 25.8 Å². The van der Waals surface area contributed by atoms with E-state index in [1.807, 2.05) is 0 Å². The van der Waals surface area contributed by atoms with Gasteiger partial charge in [0, 0.05) is 12.1 Å². The molecule has 0 radical (unpaired) electrons. The third kappa shape index (κ3) is 2.80. The van der Waals surface area contributed by atoms with Crippen LogP contribution in [-0.2, 0) is 13.0 Å². The van der Waals surface area contributed by atoms with E-state index < -0.39 is 0 Å². The van der Waals surface area contributed by atoms with Crippen LogP contribution in [0.3, 0.4) is 0 Å². The maximum absolute atomic E-state index is 9.17. The third-order valence-corrected chi connectivity index (χ3v) is 2.99. The lowest BCUT2D eigenvalue weighted by molar-refractivity contribution is 0.377. The van der Waals surface area contributed by atoms with Crippen LogP contribution < -0.4 is 5.32 Å². The summed E-state index contributed by atoms with van der Waals surface area (Å²) >= 11 is 0. The Bertz CT molecular complexity index is 517. The minimum Gasteiger partial charge on any atom is -0.508 e. The quantitative estimate of drug-likeness (QED) is 0.791. The summed E-state index contributed by atoms with van der Waals surface area (Å²) in [5, 5.41) is 16.3. The van der Waals surface area contributed by atoms with E-state index in [0.717, 1.165) is 23.9 Å².